The van der Waals surface area contributed by atoms with Crippen LogP contribution in [-0.4, -0.2) is 50.6 Å². The van der Waals surface area contributed by atoms with Crippen molar-refractivity contribution in [2.75, 3.05) is 27.2 Å². The molecule has 1 aliphatic rings. The predicted molar refractivity (Wildman–Crippen MR) is 33.2 cm³/mol. The van der Waals surface area contributed by atoms with Crippen molar-refractivity contribution in [1.29, 1.82) is 0 Å². The first-order chi connectivity index (χ1) is 3.29. The van der Waals surface area contributed by atoms with Gasteiger partial charge in [0.15, 0.2) is 0 Å². The summed E-state index contributed by atoms with van der Waals surface area (Å²) in [4.78, 5) is 0. The molecule has 1 saturated heterocycles. The molecule has 8 heavy (non-hydrogen) atoms. The molecule has 42 valence electrons. The zero-order chi connectivity index (χ0) is 5.28. The molecule has 4 heteroatoms. The van der Waals surface area contributed by atoms with E-state index in [2.05, 4.69) is 21.9 Å². The van der Waals surface area contributed by atoms with Crippen LogP contribution < -0.4 is 18.9 Å². The fourth-order valence-electron chi connectivity index (χ4n) is 0.767. The van der Waals surface area contributed by atoms with Gasteiger partial charge in [0, 0.05) is 0 Å². The summed E-state index contributed by atoms with van der Waals surface area (Å²) in [6, 6.07) is 0. The molecule has 0 aromatic carbocycles. The van der Waals surface area contributed by atoms with E-state index in [9.17, 15) is 0 Å². The monoisotopic (exact) mass is 122 g/mol. The molecule has 0 saturated carbocycles. The van der Waals surface area contributed by atoms with Gasteiger partial charge in [0.2, 0.25) is 0 Å². The van der Waals surface area contributed by atoms with Crippen LogP contribution in [0.3, 0.4) is 0 Å². The molecule has 0 atom stereocenters. The maximum absolute atomic E-state index is 2.39. The molecule has 1 rings (SSSR count). The molecule has 0 aliphatic carbocycles. The second kappa shape index (κ2) is 3.96. The fraction of sp³-hybridized carbons (Fsp3) is 1.00. The molecule has 1 aliphatic heterocycles. The van der Waals surface area contributed by atoms with Gasteiger partial charge in [-0.1, -0.05) is 0 Å². The van der Waals surface area contributed by atoms with Crippen molar-refractivity contribution in [2.24, 2.45) is 0 Å². The summed E-state index contributed by atoms with van der Waals surface area (Å²) in [7, 11) is 4.36. The third-order valence-electron chi connectivity index (χ3n) is 1.20. The van der Waals surface area contributed by atoms with Gasteiger partial charge in [-0.2, -0.15) is 0 Å². The van der Waals surface area contributed by atoms with E-state index in [-0.39, 0.29) is 21.7 Å². The van der Waals surface area contributed by atoms with E-state index in [0.29, 0.717) is 15.7 Å². The van der Waals surface area contributed by atoms with Crippen LogP contribution in [0.15, 0.2) is 0 Å². The molecule has 1 heterocycles. The zero-order valence-electron chi connectivity index (χ0n) is 7.89. The summed E-state index contributed by atoms with van der Waals surface area (Å²) in [6.45, 7) is 2.54. The molecule has 0 spiro atoms. The van der Waals surface area contributed by atoms with E-state index in [0.717, 1.165) is 0 Å². The minimum atomic E-state index is 0. The van der Waals surface area contributed by atoms with Crippen molar-refractivity contribution in [1.82, 2.24) is 7.77 Å². The second-order valence-corrected chi connectivity index (χ2v) is 4.07. The van der Waals surface area contributed by atoms with Gasteiger partial charge in [-0.05, 0) is 0 Å². The van der Waals surface area contributed by atoms with Gasteiger partial charge in [-0.25, -0.2) is 0 Å². The summed E-state index contributed by atoms with van der Waals surface area (Å²) in [5.41, 5.74) is 0. The molecule has 0 aromatic rings. The van der Waals surface area contributed by atoms with Crippen molar-refractivity contribution < 1.29 is 21.7 Å². The summed E-state index contributed by atoms with van der Waals surface area (Å²) in [5, 5.41) is 0. The maximum atomic E-state index is 2.39. The largest absolute Gasteiger partial charge is 1.00 e. The minimum absolute atomic E-state index is 0. The molecular formula is C4H12AlLiN2. The Labute approximate surface area is 72.5 Å². The van der Waals surface area contributed by atoms with E-state index in [1.165, 1.54) is 13.1 Å². The third-order valence-corrected chi connectivity index (χ3v) is 2.50. The van der Waals surface area contributed by atoms with Crippen molar-refractivity contribution >= 4 is 15.7 Å². The minimum Gasteiger partial charge on any atom is -1.00 e. The topological polar surface area (TPSA) is 6.48 Å². The first kappa shape index (κ1) is 9.05. The Balaban J connectivity index is -0.000000163. The molecule has 0 radical (unpaired) electrons. The Bertz CT molecular complexity index is 70.3. The van der Waals surface area contributed by atoms with Crippen molar-refractivity contribution in [3.05, 3.63) is 0 Å². The smallest absolute Gasteiger partial charge is 1.00 e. The van der Waals surface area contributed by atoms with Crippen LogP contribution in [0.2, 0.25) is 0 Å². The van der Waals surface area contributed by atoms with Gasteiger partial charge in [0.05, 0.1) is 0 Å². The Morgan fingerprint density at radius 1 is 1.25 bits per heavy atom. The van der Waals surface area contributed by atoms with Crippen molar-refractivity contribution in [2.45, 2.75) is 0 Å². The van der Waals surface area contributed by atoms with E-state index in [1.54, 1.807) is 0 Å². The summed E-state index contributed by atoms with van der Waals surface area (Å²) >= 11 is 0.491. The zero-order valence-corrected chi connectivity index (χ0v) is 7.04. The second-order valence-electron chi connectivity index (χ2n) is 2.08. The van der Waals surface area contributed by atoms with E-state index < -0.39 is 0 Å². The van der Waals surface area contributed by atoms with Crippen LogP contribution in [0.1, 0.15) is 2.85 Å². The molecule has 0 aromatic heterocycles. The number of rotatable bonds is 0. The van der Waals surface area contributed by atoms with Gasteiger partial charge in [-0.3, -0.25) is 0 Å². The summed E-state index contributed by atoms with van der Waals surface area (Å²) in [6.07, 6.45) is 0. The first-order valence-electron chi connectivity index (χ1n) is 2.54. The van der Waals surface area contributed by atoms with E-state index in [4.69, 9.17) is 0 Å². The standard InChI is InChI=1S/C4H10N2.Al.Li.2H/c1-5-3-4-6-2;;;;/h3-4H2,1-2H3;;;;/q-2;+3;+1;2*-1. The van der Waals surface area contributed by atoms with Gasteiger partial charge in [0.1, 0.15) is 0 Å². The molecule has 2 nitrogen and oxygen atoms in total. The Kier molecular flexibility index (Phi) is 4.48. The molecule has 1 fully saturated rings. The van der Waals surface area contributed by atoms with Gasteiger partial charge >= 0.3 is 69.5 Å². The predicted octanol–water partition coefficient (Wildman–Crippen LogP) is -3.37. The number of hydrogen-bond donors (Lipinski definition) is 0. The number of likely N-dealkylation sites (N-methyl/N-ethyl adjacent to an activating group) is 2. The van der Waals surface area contributed by atoms with Gasteiger partial charge < -0.3 is 2.85 Å². The SMILES string of the molecule is C[N]1CC[N](C)[Al+]1.[H-].[H-].[Li+]. The first-order valence-corrected chi connectivity index (χ1v) is 3.58. The van der Waals surface area contributed by atoms with Gasteiger partial charge in [-0.15, -0.1) is 0 Å². The van der Waals surface area contributed by atoms with Crippen molar-refractivity contribution in [3.8, 4) is 0 Å². The average Bonchev–Trinajstić information content (AvgIpc) is 1.87. The molecule has 0 unspecified atom stereocenters. The summed E-state index contributed by atoms with van der Waals surface area (Å²) < 4.78 is 4.78. The molecule has 0 bridgehead atoms. The van der Waals surface area contributed by atoms with E-state index in [1.807, 2.05) is 0 Å². The average molecular weight is 122 g/mol. The normalized spacial score (nSPS) is 21.2. The van der Waals surface area contributed by atoms with Crippen LogP contribution in [0.4, 0.5) is 0 Å². The van der Waals surface area contributed by atoms with Crippen LogP contribution in [0.25, 0.3) is 0 Å². The fourth-order valence-corrected chi connectivity index (χ4v) is 1.90. The number of hydrogen-bond acceptors (Lipinski definition) is 2. The van der Waals surface area contributed by atoms with E-state index >= 15 is 0 Å². The molecular weight excluding hydrogens is 110 g/mol. The quantitative estimate of drug-likeness (QED) is 0.309. The van der Waals surface area contributed by atoms with Crippen LogP contribution in [0, 0.1) is 0 Å². The van der Waals surface area contributed by atoms with Crippen LogP contribution in [-0.2, 0) is 0 Å². The Morgan fingerprint density at radius 2 is 1.62 bits per heavy atom. The third kappa shape index (κ3) is 2.55. The maximum Gasteiger partial charge on any atom is 1.00 e. The number of nitrogens with zero attached hydrogens (tertiary/aromatic N) is 2. The Morgan fingerprint density at radius 3 is 1.75 bits per heavy atom. The van der Waals surface area contributed by atoms with Crippen LogP contribution in [0.5, 0.6) is 0 Å². The molecule has 0 amide bonds. The Hall–Kier alpha value is 1.05. The molecule has 0 N–H and O–H groups in total. The van der Waals surface area contributed by atoms with Crippen molar-refractivity contribution in [3.63, 3.8) is 0 Å². The summed E-state index contributed by atoms with van der Waals surface area (Å²) in [5.74, 6) is 0. The van der Waals surface area contributed by atoms with Gasteiger partial charge in [0.25, 0.3) is 0 Å². The van der Waals surface area contributed by atoms with Crippen LogP contribution >= 0.6 is 0 Å².